The fraction of sp³-hybridized carbons (Fsp3) is 0.621. The number of hydrogen-bond acceptors (Lipinski definition) is 7. The molecule has 2 saturated heterocycles. The Hall–Kier alpha value is -3.67. The van der Waals surface area contributed by atoms with E-state index in [1.807, 2.05) is 26.0 Å². The zero-order chi connectivity index (χ0) is 29.9. The summed E-state index contributed by atoms with van der Waals surface area (Å²) < 4.78 is 5.22. The Bertz CT molecular complexity index is 1080. The molecule has 0 bridgehead atoms. The van der Waals surface area contributed by atoms with Crippen molar-refractivity contribution in [2.75, 3.05) is 13.7 Å². The second kappa shape index (κ2) is 15.4. The van der Waals surface area contributed by atoms with E-state index in [1.165, 1.54) is 4.90 Å². The first kappa shape index (κ1) is 31.9. The van der Waals surface area contributed by atoms with E-state index < -0.39 is 47.8 Å². The van der Waals surface area contributed by atoms with Crippen LogP contribution >= 0.6 is 0 Å². The van der Waals surface area contributed by atoms with Gasteiger partial charge in [-0.2, -0.15) is 0 Å². The van der Waals surface area contributed by atoms with E-state index in [0.29, 0.717) is 50.8 Å². The number of fused-ring (bicyclic) bond motifs is 1. The number of rotatable bonds is 11. The van der Waals surface area contributed by atoms with Gasteiger partial charge in [0.15, 0.2) is 0 Å². The molecule has 1 unspecified atom stereocenters. The molecule has 4 atom stereocenters. The molecule has 2 aliphatic rings. The second-order valence-electron chi connectivity index (χ2n) is 11.2. The maximum Gasteiger partial charge on any atom is 0.245 e. The summed E-state index contributed by atoms with van der Waals surface area (Å²) in [6.07, 6.45) is 3.74. The van der Waals surface area contributed by atoms with Crippen LogP contribution in [-0.4, -0.2) is 77.5 Å². The lowest BCUT2D eigenvalue weighted by Gasteiger charge is -2.33. The van der Waals surface area contributed by atoms with E-state index in [2.05, 4.69) is 16.0 Å². The van der Waals surface area contributed by atoms with Gasteiger partial charge in [0.1, 0.15) is 29.9 Å². The highest BCUT2D eigenvalue weighted by Crippen LogP contribution is 2.22. The molecule has 5 amide bonds. The summed E-state index contributed by atoms with van der Waals surface area (Å²) in [4.78, 5) is 67.1. The Kier molecular flexibility index (Phi) is 11.9. The summed E-state index contributed by atoms with van der Waals surface area (Å²) in [5, 5.41) is 17.2. The molecule has 3 rings (SSSR count). The van der Waals surface area contributed by atoms with Crippen molar-refractivity contribution in [1.82, 2.24) is 26.3 Å². The number of carbonyl (C=O) groups excluding carboxylic acids is 5. The lowest BCUT2D eigenvalue weighted by atomic mass is 9.99. The number of unbranched alkanes of at least 4 members (excludes halogenated alkanes) is 2. The third-order valence-corrected chi connectivity index (χ3v) is 7.55. The molecular weight excluding hydrogens is 530 g/mol. The van der Waals surface area contributed by atoms with Crippen molar-refractivity contribution in [3.05, 3.63) is 29.8 Å². The van der Waals surface area contributed by atoms with E-state index in [1.54, 1.807) is 24.7 Å². The molecule has 2 heterocycles. The summed E-state index contributed by atoms with van der Waals surface area (Å²) in [6.45, 7) is 4.32. The quantitative estimate of drug-likeness (QED) is 0.151. The molecule has 226 valence electrons. The van der Waals surface area contributed by atoms with Crippen molar-refractivity contribution in [3.8, 4) is 5.75 Å². The van der Waals surface area contributed by atoms with Crippen LogP contribution in [0.1, 0.15) is 70.8 Å². The van der Waals surface area contributed by atoms with E-state index >= 15 is 0 Å². The first-order valence-electron chi connectivity index (χ1n) is 14.4. The average Bonchev–Trinajstić information content (AvgIpc) is 3.45. The van der Waals surface area contributed by atoms with Crippen molar-refractivity contribution in [1.29, 1.82) is 0 Å². The standard InChI is InChI=1S/C29H43N5O7/c1-18(2)16-23-29(39)34-15-7-9-24(34)28(38)30-21(8-5-4-6-10-25(35)33-40)26(36)31-22(27(37)32-23)17-19-11-13-20(41-3)14-12-19/h11-14,18,21-24,40H,4-10,15-17H2,1-3H3,(H,30,38)(H,31,36)(H,32,37)(H,33,35)/t21-,22+,23?,24-/m0/s1. The molecule has 0 aromatic heterocycles. The van der Waals surface area contributed by atoms with Crippen LogP contribution in [-0.2, 0) is 30.4 Å². The number of methoxy groups -OCH3 is 1. The molecule has 0 radical (unpaired) electrons. The Morgan fingerprint density at radius 1 is 0.976 bits per heavy atom. The number of hydrogen-bond donors (Lipinski definition) is 5. The molecule has 2 aliphatic heterocycles. The SMILES string of the molecule is COc1ccc(C[C@H]2NC(=O)[C@H](CCCCCC(=O)NO)NC(=O)[C@@H]3CCCN3C(=O)C(CC(C)C)NC2=O)cc1. The maximum absolute atomic E-state index is 13.7. The van der Waals surface area contributed by atoms with Crippen molar-refractivity contribution < 1.29 is 33.9 Å². The normalized spacial score (nSPS) is 23.6. The van der Waals surface area contributed by atoms with Crippen LogP contribution in [0.5, 0.6) is 5.75 Å². The van der Waals surface area contributed by atoms with Gasteiger partial charge in [-0.1, -0.05) is 38.8 Å². The summed E-state index contributed by atoms with van der Waals surface area (Å²) >= 11 is 0. The van der Waals surface area contributed by atoms with Crippen LogP contribution in [0.4, 0.5) is 0 Å². The monoisotopic (exact) mass is 573 g/mol. The lowest BCUT2D eigenvalue weighted by Crippen LogP contribution is -2.61. The van der Waals surface area contributed by atoms with Crippen LogP contribution in [0.25, 0.3) is 0 Å². The first-order valence-corrected chi connectivity index (χ1v) is 14.4. The number of carbonyl (C=O) groups is 5. The largest absolute Gasteiger partial charge is 0.497 e. The zero-order valence-corrected chi connectivity index (χ0v) is 24.1. The van der Waals surface area contributed by atoms with Gasteiger partial charge >= 0.3 is 0 Å². The molecule has 1 aromatic carbocycles. The Balaban J connectivity index is 1.86. The van der Waals surface area contributed by atoms with Gasteiger partial charge < -0.3 is 25.6 Å². The van der Waals surface area contributed by atoms with Crippen molar-refractivity contribution in [2.45, 2.75) is 95.8 Å². The zero-order valence-electron chi connectivity index (χ0n) is 24.1. The van der Waals surface area contributed by atoms with Crippen molar-refractivity contribution >= 4 is 29.5 Å². The predicted molar refractivity (Wildman–Crippen MR) is 150 cm³/mol. The fourth-order valence-corrected chi connectivity index (χ4v) is 5.35. The van der Waals surface area contributed by atoms with Gasteiger partial charge in [-0.3, -0.25) is 29.2 Å². The summed E-state index contributed by atoms with van der Waals surface area (Å²) in [5.41, 5.74) is 2.38. The topological polar surface area (TPSA) is 166 Å². The highest BCUT2D eigenvalue weighted by molar-refractivity contribution is 5.97. The number of amides is 5. The van der Waals surface area contributed by atoms with Gasteiger partial charge in [-0.25, -0.2) is 5.48 Å². The number of hydroxylamine groups is 1. The Morgan fingerprint density at radius 3 is 2.29 bits per heavy atom. The second-order valence-corrected chi connectivity index (χ2v) is 11.2. The molecule has 0 aliphatic carbocycles. The van der Waals surface area contributed by atoms with E-state index in [4.69, 9.17) is 9.94 Å². The first-order chi connectivity index (χ1) is 19.6. The minimum Gasteiger partial charge on any atom is -0.497 e. The summed E-state index contributed by atoms with van der Waals surface area (Å²) in [5.74, 6) is -1.37. The highest BCUT2D eigenvalue weighted by Gasteiger charge is 2.40. The molecule has 1 aromatic rings. The Labute approximate surface area is 240 Å². The van der Waals surface area contributed by atoms with E-state index in [-0.39, 0.29) is 31.1 Å². The third kappa shape index (κ3) is 9.17. The molecule has 12 heteroatoms. The summed E-state index contributed by atoms with van der Waals surface area (Å²) in [6, 6.07) is 3.70. The molecule has 0 spiro atoms. The van der Waals surface area contributed by atoms with E-state index in [0.717, 1.165) is 5.56 Å². The molecule has 2 fully saturated rings. The van der Waals surface area contributed by atoms with Crippen LogP contribution in [0, 0.1) is 5.92 Å². The van der Waals surface area contributed by atoms with Gasteiger partial charge in [0.2, 0.25) is 29.5 Å². The fourth-order valence-electron chi connectivity index (χ4n) is 5.35. The van der Waals surface area contributed by atoms with Crippen LogP contribution in [0.2, 0.25) is 0 Å². The van der Waals surface area contributed by atoms with Gasteiger partial charge in [-0.05, 0) is 55.7 Å². The van der Waals surface area contributed by atoms with Crippen LogP contribution in [0.3, 0.4) is 0 Å². The van der Waals surface area contributed by atoms with E-state index in [9.17, 15) is 24.0 Å². The molecule has 41 heavy (non-hydrogen) atoms. The van der Waals surface area contributed by atoms with Gasteiger partial charge in [0.25, 0.3) is 0 Å². The van der Waals surface area contributed by atoms with Crippen LogP contribution < -0.4 is 26.2 Å². The van der Waals surface area contributed by atoms with Crippen LogP contribution in [0.15, 0.2) is 24.3 Å². The van der Waals surface area contributed by atoms with Gasteiger partial charge in [0, 0.05) is 19.4 Å². The third-order valence-electron chi connectivity index (χ3n) is 7.55. The molecular formula is C29H43N5O7. The summed E-state index contributed by atoms with van der Waals surface area (Å²) in [7, 11) is 1.56. The van der Waals surface area contributed by atoms with Crippen molar-refractivity contribution in [2.24, 2.45) is 5.92 Å². The minimum absolute atomic E-state index is 0.106. The number of nitrogens with zero attached hydrogens (tertiary/aromatic N) is 1. The number of ether oxygens (including phenoxy) is 1. The predicted octanol–water partition coefficient (Wildman–Crippen LogP) is 1.20. The van der Waals surface area contributed by atoms with Crippen molar-refractivity contribution in [3.63, 3.8) is 0 Å². The number of nitrogens with one attached hydrogen (secondary N) is 4. The molecule has 0 saturated carbocycles. The highest BCUT2D eigenvalue weighted by atomic mass is 16.5. The minimum atomic E-state index is -0.986. The average molecular weight is 574 g/mol. The number of benzene rings is 1. The molecule has 12 nitrogen and oxygen atoms in total. The molecule has 5 N–H and O–H groups in total. The van der Waals surface area contributed by atoms with Gasteiger partial charge in [0.05, 0.1) is 7.11 Å². The smallest absolute Gasteiger partial charge is 0.245 e. The Morgan fingerprint density at radius 2 is 1.63 bits per heavy atom. The lowest BCUT2D eigenvalue weighted by molar-refractivity contribution is -0.143. The van der Waals surface area contributed by atoms with Gasteiger partial charge in [-0.15, -0.1) is 0 Å². The maximum atomic E-state index is 13.7.